The van der Waals surface area contributed by atoms with Crippen LogP contribution in [-0.4, -0.2) is 14.9 Å². The molecular weight excluding hydrogens is 248 g/mol. The Balaban J connectivity index is 1.90. The quantitative estimate of drug-likeness (QED) is 0.786. The molecule has 0 aliphatic carbocycles. The van der Waals surface area contributed by atoms with E-state index < -0.39 is 0 Å². The highest BCUT2D eigenvalue weighted by atomic mass is 16.3. The van der Waals surface area contributed by atoms with Crippen molar-refractivity contribution in [2.24, 2.45) is 0 Å². The molecule has 0 saturated carbocycles. The monoisotopic (exact) mass is 264 g/mol. The number of hydrogen-bond donors (Lipinski definition) is 1. The maximum absolute atomic E-state index is 9.52. The molecule has 0 fully saturated rings. The average molecular weight is 264 g/mol. The lowest BCUT2D eigenvalue weighted by Gasteiger charge is -2.01. The molecule has 1 heterocycles. The molecule has 0 spiro atoms. The minimum absolute atomic E-state index is 0.301. The van der Waals surface area contributed by atoms with Gasteiger partial charge in [0.25, 0.3) is 0 Å². The van der Waals surface area contributed by atoms with E-state index in [1.807, 2.05) is 54.1 Å². The van der Waals surface area contributed by atoms with Crippen molar-refractivity contribution in [1.29, 1.82) is 0 Å². The zero-order valence-electron chi connectivity index (χ0n) is 11.3. The minimum atomic E-state index is 0.301. The molecule has 3 heteroatoms. The summed E-state index contributed by atoms with van der Waals surface area (Å²) < 4.78 is 1.90. The van der Waals surface area contributed by atoms with Gasteiger partial charge in [0.1, 0.15) is 5.75 Å². The smallest absolute Gasteiger partial charge is 0.115 e. The van der Waals surface area contributed by atoms with Gasteiger partial charge >= 0.3 is 0 Å². The summed E-state index contributed by atoms with van der Waals surface area (Å²) >= 11 is 0. The van der Waals surface area contributed by atoms with Gasteiger partial charge in [-0.2, -0.15) is 5.10 Å². The number of phenols is 1. The highest BCUT2D eigenvalue weighted by molar-refractivity contribution is 5.36. The normalized spacial score (nSPS) is 10.7. The van der Waals surface area contributed by atoms with Crippen LogP contribution in [0.5, 0.6) is 5.75 Å². The summed E-state index contributed by atoms with van der Waals surface area (Å²) in [6.45, 7) is 2.01. The summed E-state index contributed by atoms with van der Waals surface area (Å²) in [5, 5.41) is 14.1. The Morgan fingerprint density at radius 3 is 2.60 bits per heavy atom. The minimum Gasteiger partial charge on any atom is -0.508 e. The maximum atomic E-state index is 9.52. The van der Waals surface area contributed by atoms with Crippen molar-refractivity contribution in [1.82, 2.24) is 9.78 Å². The van der Waals surface area contributed by atoms with Crippen molar-refractivity contribution in [2.75, 3.05) is 0 Å². The molecule has 0 radical (unpaired) electrons. The van der Waals surface area contributed by atoms with Crippen LogP contribution >= 0.6 is 0 Å². The second-order valence-electron chi connectivity index (χ2n) is 4.87. The number of phenolic OH excluding ortho intramolecular Hbond substituents is 1. The molecule has 0 aliphatic heterocycles. The van der Waals surface area contributed by atoms with Crippen LogP contribution in [0.15, 0.2) is 60.8 Å². The maximum Gasteiger partial charge on any atom is 0.115 e. The van der Waals surface area contributed by atoms with Crippen molar-refractivity contribution in [3.05, 3.63) is 77.6 Å². The Morgan fingerprint density at radius 1 is 1.05 bits per heavy atom. The third-order valence-corrected chi connectivity index (χ3v) is 3.33. The van der Waals surface area contributed by atoms with Crippen molar-refractivity contribution >= 4 is 0 Å². The highest BCUT2D eigenvalue weighted by Crippen LogP contribution is 2.18. The molecule has 100 valence electrons. The van der Waals surface area contributed by atoms with Gasteiger partial charge in [-0.1, -0.05) is 30.3 Å². The van der Waals surface area contributed by atoms with Gasteiger partial charge < -0.3 is 5.11 Å². The third kappa shape index (κ3) is 2.57. The summed E-state index contributed by atoms with van der Waals surface area (Å²) in [4.78, 5) is 0. The molecule has 0 amide bonds. The van der Waals surface area contributed by atoms with Crippen LogP contribution in [0, 0.1) is 6.92 Å². The van der Waals surface area contributed by atoms with Crippen molar-refractivity contribution < 1.29 is 5.11 Å². The Kier molecular flexibility index (Phi) is 3.25. The molecule has 0 saturated heterocycles. The lowest BCUT2D eigenvalue weighted by Crippen LogP contribution is -1.93. The number of hydrogen-bond acceptors (Lipinski definition) is 2. The molecule has 0 aliphatic rings. The van der Waals surface area contributed by atoms with Crippen LogP contribution in [0.2, 0.25) is 0 Å². The summed E-state index contributed by atoms with van der Waals surface area (Å²) in [7, 11) is 0. The van der Waals surface area contributed by atoms with E-state index in [4.69, 9.17) is 0 Å². The zero-order chi connectivity index (χ0) is 13.9. The van der Waals surface area contributed by atoms with Gasteiger partial charge in [0, 0.05) is 12.6 Å². The lowest BCUT2D eigenvalue weighted by atomic mass is 10.1. The second kappa shape index (κ2) is 5.21. The van der Waals surface area contributed by atoms with E-state index in [9.17, 15) is 5.11 Å². The SMILES string of the molecule is Cc1nn(-c2ccccc2)cc1Cc1cccc(O)c1. The van der Waals surface area contributed by atoms with Crippen LogP contribution in [0.3, 0.4) is 0 Å². The summed E-state index contributed by atoms with van der Waals surface area (Å²) in [6.07, 6.45) is 2.82. The van der Waals surface area contributed by atoms with Crippen molar-refractivity contribution in [3.63, 3.8) is 0 Å². The molecule has 0 atom stereocenters. The van der Waals surface area contributed by atoms with E-state index in [2.05, 4.69) is 11.3 Å². The molecule has 1 N–H and O–H groups in total. The molecule has 3 rings (SSSR count). The average Bonchev–Trinajstić information content (AvgIpc) is 2.81. The molecule has 2 aromatic carbocycles. The van der Waals surface area contributed by atoms with Crippen LogP contribution in [0.25, 0.3) is 5.69 Å². The fourth-order valence-electron chi connectivity index (χ4n) is 2.27. The number of aryl methyl sites for hydroxylation is 1. The Hall–Kier alpha value is -2.55. The van der Waals surface area contributed by atoms with Gasteiger partial charge in [0.15, 0.2) is 0 Å². The van der Waals surface area contributed by atoms with E-state index in [1.165, 1.54) is 5.56 Å². The fourth-order valence-corrected chi connectivity index (χ4v) is 2.27. The number of benzene rings is 2. The molecule has 3 aromatic rings. The second-order valence-corrected chi connectivity index (χ2v) is 4.87. The van der Waals surface area contributed by atoms with Crippen LogP contribution < -0.4 is 0 Å². The van der Waals surface area contributed by atoms with Gasteiger partial charge in [-0.25, -0.2) is 4.68 Å². The van der Waals surface area contributed by atoms with Crippen molar-refractivity contribution in [3.8, 4) is 11.4 Å². The zero-order valence-corrected chi connectivity index (χ0v) is 11.3. The highest BCUT2D eigenvalue weighted by Gasteiger charge is 2.07. The van der Waals surface area contributed by atoms with E-state index in [0.717, 1.165) is 23.4 Å². The summed E-state index contributed by atoms with van der Waals surface area (Å²) in [5.74, 6) is 0.301. The first-order valence-corrected chi connectivity index (χ1v) is 6.61. The van der Waals surface area contributed by atoms with E-state index in [0.29, 0.717) is 5.75 Å². The van der Waals surface area contributed by atoms with E-state index in [1.54, 1.807) is 12.1 Å². The predicted octanol–water partition coefficient (Wildman–Crippen LogP) is 3.48. The fraction of sp³-hybridized carbons (Fsp3) is 0.118. The van der Waals surface area contributed by atoms with Gasteiger partial charge in [-0.3, -0.25) is 0 Å². The molecule has 0 unspecified atom stereocenters. The number of rotatable bonds is 3. The largest absolute Gasteiger partial charge is 0.508 e. The van der Waals surface area contributed by atoms with E-state index >= 15 is 0 Å². The number of para-hydroxylation sites is 1. The molecular formula is C17H16N2O. The van der Waals surface area contributed by atoms with Crippen LogP contribution in [-0.2, 0) is 6.42 Å². The standard InChI is InChI=1S/C17H16N2O/c1-13-15(10-14-6-5-9-17(20)11-14)12-19(18-13)16-7-3-2-4-8-16/h2-9,11-12,20H,10H2,1H3. The topological polar surface area (TPSA) is 38.0 Å². The predicted molar refractivity (Wildman–Crippen MR) is 79.2 cm³/mol. The first kappa shape index (κ1) is 12.5. The molecule has 0 bridgehead atoms. The number of aromatic hydroxyl groups is 1. The summed E-state index contributed by atoms with van der Waals surface area (Å²) in [5.41, 5.74) is 4.31. The van der Waals surface area contributed by atoms with Crippen molar-refractivity contribution in [2.45, 2.75) is 13.3 Å². The van der Waals surface area contributed by atoms with Gasteiger partial charge in [-0.05, 0) is 42.3 Å². The van der Waals surface area contributed by atoms with Crippen LogP contribution in [0.4, 0.5) is 0 Å². The first-order valence-electron chi connectivity index (χ1n) is 6.61. The van der Waals surface area contributed by atoms with Gasteiger partial charge in [0.2, 0.25) is 0 Å². The third-order valence-electron chi connectivity index (χ3n) is 3.33. The first-order chi connectivity index (χ1) is 9.72. The molecule has 1 aromatic heterocycles. The van der Waals surface area contributed by atoms with Crippen LogP contribution in [0.1, 0.15) is 16.8 Å². The Morgan fingerprint density at radius 2 is 1.85 bits per heavy atom. The Labute approximate surface area is 118 Å². The number of nitrogens with zero attached hydrogens (tertiary/aromatic N) is 2. The summed E-state index contributed by atoms with van der Waals surface area (Å²) in [6, 6.07) is 17.4. The molecule has 3 nitrogen and oxygen atoms in total. The molecule has 20 heavy (non-hydrogen) atoms. The number of aromatic nitrogens is 2. The van der Waals surface area contributed by atoms with E-state index in [-0.39, 0.29) is 0 Å². The van der Waals surface area contributed by atoms with Gasteiger partial charge in [-0.15, -0.1) is 0 Å². The lowest BCUT2D eigenvalue weighted by molar-refractivity contribution is 0.474. The Bertz CT molecular complexity index is 717. The van der Waals surface area contributed by atoms with Gasteiger partial charge in [0.05, 0.1) is 11.4 Å².